The second kappa shape index (κ2) is 6.85. The predicted molar refractivity (Wildman–Crippen MR) is 98.2 cm³/mol. The highest BCUT2D eigenvalue weighted by atomic mass is 79.9. The molecule has 0 amide bonds. The van der Waals surface area contributed by atoms with Gasteiger partial charge in [0.25, 0.3) is 0 Å². The molecule has 0 aliphatic rings. The van der Waals surface area contributed by atoms with Crippen molar-refractivity contribution in [2.75, 3.05) is 18.5 Å². The van der Waals surface area contributed by atoms with Crippen molar-refractivity contribution in [3.63, 3.8) is 0 Å². The van der Waals surface area contributed by atoms with Crippen LogP contribution in [0.1, 0.15) is 5.56 Å². The maximum atomic E-state index is 13.2. The molecule has 3 aromatic carbocycles. The molecule has 3 aromatic rings. The predicted octanol–water partition coefficient (Wildman–Crippen LogP) is 5.23. The second-order valence-corrected chi connectivity index (χ2v) is 6.14. The molecule has 114 valence electrons. The third-order valence-electron chi connectivity index (χ3n) is 3.62. The van der Waals surface area contributed by atoms with E-state index in [1.54, 1.807) is 6.07 Å². The molecule has 0 saturated heterocycles. The molecular weight excluding hydrogens is 353 g/mol. The lowest BCUT2D eigenvalue weighted by Crippen LogP contribution is -2.17. The largest absolute Gasteiger partial charge is 0.363 e. The van der Waals surface area contributed by atoms with E-state index in [-0.39, 0.29) is 5.82 Å². The molecule has 0 aliphatic heterocycles. The van der Waals surface area contributed by atoms with Crippen LogP contribution in [-0.4, -0.2) is 13.6 Å². The molecule has 0 atom stereocenters. The fraction of sp³-hybridized carbons (Fsp3) is 0.100. The van der Waals surface area contributed by atoms with Crippen LogP contribution in [0.15, 0.2) is 65.1 Å². The summed E-state index contributed by atoms with van der Waals surface area (Å²) in [5.41, 5.74) is 1.81. The summed E-state index contributed by atoms with van der Waals surface area (Å²) in [6.45, 7) is 0.566. The summed E-state index contributed by atoms with van der Waals surface area (Å²) >= 11 is 3.62. The van der Waals surface area contributed by atoms with E-state index in [2.05, 4.69) is 50.9 Å². The van der Waals surface area contributed by atoms with Crippen LogP contribution < -0.4 is 4.90 Å². The Morgan fingerprint density at radius 3 is 2.57 bits per heavy atom. The van der Waals surface area contributed by atoms with Gasteiger partial charge >= 0.3 is 0 Å². The van der Waals surface area contributed by atoms with Gasteiger partial charge in [0.05, 0.1) is 6.54 Å². The number of rotatable bonds is 2. The highest BCUT2D eigenvalue weighted by Gasteiger charge is 2.07. The Kier molecular flexibility index (Phi) is 4.64. The first-order chi connectivity index (χ1) is 11.1. The molecule has 3 rings (SSSR count). The van der Waals surface area contributed by atoms with Crippen LogP contribution in [0.4, 0.5) is 10.1 Å². The van der Waals surface area contributed by atoms with Gasteiger partial charge in [-0.25, -0.2) is 4.39 Å². The maximum absolute atomic E-state index is 13.2. The zero-order valence-electron chi connectivity index (χ0n) is 12.7. The molecule has 1 nitrogen and oxygen atoms in total. The molecule has 23 heavy (non-hydrogen) atoms. The van der Waals surface area contributed by atoms with E-state index >= 15 is 0 Å². The summed E-state index contributed by atoms with van der Waals surface area (Å²) in [5.74, 6) is 5.85. The second-order valence-electron chi connectivity index (χ2n) is 5.28. The number of benzene rings is 3. The van der Waals surface area contributed by atoms with Crippen molar-refractivity contribution >= 4 is 32.4 Å². The van der Waals surface area contributed by atoms with Crippen LogP contribution in [0.2, 0.25) is 0 Å². The zero-order valence-corrected chi connectivity index (χ0v) is 14.3. The van der Waals surface area contributed by atoms with Crippen LogP contribution in [0.25, 0.3) is 10.8 Å². The number of nitrogens with zero attached hydrogens (tertiary/aromatic N) is 1. The maximum Gasteiger partial charge on any atom is 0.124 e. The van der Waals surface area contributed by atoms with Gasteiger partial charge in [-0.1, -0.05) is 58.1 Å². The Balaban J connectivity index is 1.86. The van der Waals surface area contributed by atoms with Gasteiger partial charge in [0.15, 0.2) is 0 Å². The van der Waals surface area contributed by atoms with Gasteiger partial charge in [-0.05, 0) is 35.7 Å². The van der Waals surface area contributed by atoms with E-state index in [0.29, 0.717) is 12.1 Å². The molecule has 0 saturated carbocycles. The molecule has 0 unspecified atom stereocenters. The summed E-state index contributed by atoms with van der Waals surface area (Å²) in [7, 11) is 2.01. The zero-order chi connectivity index (χ0) is 16.2. The number of halogens is 2. The fourth-order valence-electron chi connectivity index (χ4n) is 2.51. The van der Waals surface area contributed by atoms with Crippen molar-refractivity contribution in [2.24, 2.45) is 0 Å². The Bertz CT molecular complexity index is 903. The van der Waals surface area contributed by atoms with Crippen LogP contribution in [0, 0.1) is 17.7 Å². The normalized spacial score (nSPS) is 10.2. The Labute approximate surface area is 143 Å². The Hall–Kier alpha value is -2.31. The monoisotopic (exact) mass is 367 g/mol. The first-order valence-corrected chi connectivity index (χ1v) is 8.07. The van der Waals surface area contributed by atoms with E-state index in [4.69, 9.17) is 0 Å². The lowest BCUT2D eigenvalue weighted by Gasteiger charge is -2.19. The molecule has 0 aliphatic carbocycles. The molecule has 3 heteroatoms. The van der Waals surface area contributed by atoms with Crippen LogP contribution in [-0.2, 0) is 0 Å². The molecule has 0 fully saturated rings. The van der Waals surface area contributed by atoms with Gasteiger partial charge in [-0.2, -0.15) is 0 Å². The van der Waals surface area contributed by atoms with Gasteiger partial charge in [0.1, 0.15) is 5.82 Å². The van der Waals surface area contributed by atoms with E-state index < -0.39 is 0 Å². The summed E-state index contributed by atoms with van der Waals surface area (Å²) in [6.07, 6.45) is 0. The van der Waals surface area contributed by atoms with E-state index in [1.807, 2.05) is 31.3 Å². The van der Waals surface area contributed by atoms with Crippen LogP contribution in [0.5, 0.6) is 0 Å². The lowest BCUT2D eigenvalue weighted by atomic mass is 10.1. The summed E-state index contributed by atoms with van der Waals surface area (Å²) in [6, 6.07) is 18.7. The van der Waals surface area contributed by atoms with E-state index in [0.717, 1.165) is 10.2 Å². The minimum Gasteiger partial charge on any atom is -0.363 e. The van der Waals surface area contributed by atoms with Crippen molar-refractivity contribution in [2.45, 2.75) is 0 Å². The average Bonchev–Trinajstić information content (AvgIpc) is 2.54. The number of fused-ring (bicyclic) bond motifs is 1. The van der Waals surface area contributed by atoms with Crippen molar-refractivity contribution in [3.05, 3.63) is 76.5 Å². The molecule has 0 aromatic heterocycles. The molecule has 0 radical (unpaired) electrons. The number of hydrogen-bond donors (Lipinski definition) is 0. The fourth-order valence-corrected chi connectivity index (χ4v) is 3.09. The Morgan fingerprint density at radius 2 is 1.78 bits per heavy atom. The quantitative estimate of drug-likeness (QED) is 0.560. The molecule has 0 N–H and O–H groups in total. The summed E-state index contributed by atoms with van der Waals surface area (Å²) < 4.78 is 14.2. The molecular formula is C20H15BrFN. The first kappa shape index (κ1) is 15.6. The van der Waals surface area contributed by atoms with Gasteiger partial charge in [0, 0.05) is 28.2 Å². The Morgan fingerprint density at radius 1 is 1.04 bits per heavy atom. The van der Waals surface area contributed by atoms with Gasteiger partial charge in [-0.15, -0.1) is 0 Å². The van der Waals surface area contributed by atoms with Gasteiger partial charge in [-0.3, -0.25) is 0 Å². The number of hydrogen-bond acceptors (Lipinski definition) is 1. The van der Waals surface area contributed by atoms with Crippen LogP contribution in [0.3, 0.4) is 0 Å². The van der Waals surface area contributed by atoms with Gasteiger partial charge < -0.3 is 4.90 Å². The van der Waals surface area contributed by atoms with Crippen molar-refractivity contribution < 1.29 is 4.39 Å². The standard InChI is InChI=1S/C20H15BrFN/c1-23(13-5-7-15-6-2-10-17(22)14-15)19-12-4-9-16-8-3-11-18(21)20(16)19/h2-4,6,8-12,14H,13H2,1H3. The smallest absolute Gasteiger partial charge is 0.124 e. The first-order valence-electron chi connectivity index (χ1n) is 7.28. The topological polar surface area (TPSA) is 3.24 Å². The van der Waals surface area contributed by atoms with Crippen LogP contribution >= 0.6 is 15.9 Å². The van der Waals surface area contributed by atoms with Crippen molar-refractivity contribution in [3.8, 4) is 11.8 Å². The highest BCUT2D eigenvalue weighted by Crippen LogP contribution is 2.32. The van der Waals surface area contributed by atoms with Gasteiger partial charge in [0.2, 0.25) is 0 Å². The number of anilines is 1. The average molecular weight is 368 g/mol. The molecule has 0 bridgehead atoms. The summed E-state index contributed by atoms with van der Waals surface area (Å²) in [4.78, 5) is 2.10. The highest BCUT2D eigenvalue weighted by molar-refractivity contribution is 9.10. The van der Waals surface area contributed by atoms with Crippen molar-refractivity contribution in [1.82, 2.24) is 0 Å². The minimum atomic E-state index is -0.261. The lowest BCUT2D eigenvalue weighted by molar-refractivity contribution is 0.627. The van der Waals surface area contributed by atoms with Crippen molar-refractivity contribution in [1.29, 1.82) is 0 Å². The van der Waals surface area contributed by atoms with E-state index in [9.17, 15) is 4.39 Å². The third kappa shape index (κ3) is 3.55. The third-order valence-corrected chi connectivity index (χ3v) is 4.28. The van der Waals surface area contributed by atoms with E-state index in [1.165, 1.54) is 22.9 Å². The molecule has 0 spiro atoms. The minimum absolute atomic E-state index is 0.261. The summed E-state index contributed by atoms with van der Waals surface area (Å²) in [5, 5.41) is 2.35. The SMILES string of the molecule is CN(CC#Cc1cccc(F)c1)c1cccc2cccc(Br)c12. The molecule has 0 heterocycles.